The number of hydrogen-bond acceptors (Lipinski definition) is 2. The van der Waals surface area contributed by atoms with Crippen molar-refractivity contribution in [1.29, 1.82) is 0 Å². The zero-order chi connectivity index (χ0) is 15.6. The maximum Gasteiger partial charge on any atom is 0.323 e. The molecule has 0 unspecified atom stereocenters. The minimum Gasteiger partial charge on any atom is -0.308 e. The highest BCUT2D eigenvalue weighted by Crippen LogP contribution is 2.24. The normalized spacial score (nSPS) is 10.3. The number of rotatable bonds is 2. The number of carbonyl (C=O) groups is 1. The number of hydrogen-bond donors (Lipinski definition) is 2. The maximum absolute atomic E-state index is 13.4. The number of pyridine rings is 1. The first-order valence-corrected chi connectivity index (χ1v) is 5.79. The van der Waals surface area contributed by atoms with Crippen LogP contribution >= 0.6 is 11.6 Å². The minimum absolute atomic E-state index is 0.0815. The summed E-state index contributed by atoms with van der Waals surface area (Å²) in [4.78, 5) is 15.2. The van der Waals surface area contributed by atoms with E-state index in [0.717, 1.165) is 0 Å². The number of benzene rings is 1. The second kappa shape index (κ2) is 5.96. The maximum atomic E-state index is 13.4. The quantitative estimate of drug-likeness (QED) is 0.381. The largest absolute Gasteiger partial charge is 0.323 e. The van der Waals surface area contributed by atoms with Gasteiger partial charge in [-0.3, -0.25) is 0 Å². The molecule has 2 aromatic rings. The first-order chi connectivity index (χ1) is 9.88. The highest BCUT2D eigenvalue weighted by atomic mass is 35.5. The minimum atomic E-state index is -1.89. The summed E-state index contributed by atoms with van der Waals surface area (Å²) >= 11 is 5.58. The number of carbonyl (C=O) groups excluding carboxylic acids is 1. The molecule has 0 spiro atoms. The van der Waals surface area contributed by atoms with Crippen LogP contribution in [-0.4, -0.2) is 11.0 Å². The van der Waals surface area contributed by atoms with Crippen molar-refractivity contribution < 1.29 is 22.4 Å². The van der Waals surface area contributed by atoms with Crippen molar-refractivity contribution in [3.8, 4) is 0 Å². The molecular formula is C12H6ClF4N3O. The summed E-state index contributed by atoms with van der Waals surface area (Å²) in [5.74, 6) is -6.87. The molecule has 4 nitrogen and oxygen atoms in total. The second-order valence-electron chi connectivity index (χ2n) is 3.79. The molecule has 0 aliphatic rings. The Morgan fingerprint density at radius 1 is 1.05 bits per heavy atom. The van der Waals surface area contributed by atoms with Crippen LogP contribution in [0.4, 0.5) is 33.7 Å². The fourth-order valence-electron chi connectivity index (χ4n) is 1.44. The Labute approximate surface area is 120 Å². The Balaban J connectivity index is 2.19. The van der Waals surface area contributed by atoms with Crippen molar-refractivity contribution in [1.82, 2.24) is 4.98 Å². The standard InChI is InChI=1S/C12H6ClF4N3O/c13-8-3-5(1-2-18-8)19-12(21)20-11-7(15)4-6(14)9(16)10(11)17/h1-4H,(H2,18,19,20,21). The molecule has 0 atom stereocenters. The monoisotopic (exact) mass is 319 g/mol. The summed E-state index contributed by atoms with van der Waals surface area (Å²) in [7, 11) is 0. The lowest BCUT2D eigenvalue weighted by atomic mass is 10.2. The van der Waals surface area contributed by atoms with Crippen LogP contribution in [0.2, 0.25) is 5.15 Å². The van der Waals surface area contributed by atoms with Crippen LogP contribution in [0.5, 0.6) is 0 Å². The zero-order valence-corrected chi connectivity index (χ0v) is 10.8. The van der Waals surface area contributed by atoms with E-state index in [1.165, 1.54) is 18.3 Å². The molecule has 2 rings (SSSR count). The van der Waals surface area contributed by atoms with E-state index in [0.29, 0.717) is 0 Å². The molecule has 1 aromatic carbocycles. The second-order valence-corrected chi connectivity index (χ2v) is 4.18. The van der Waals surface area contributed by atoms with Gasteiger partial charge in [-0.25, -0.2) is 27.3 Å². The van der Waals surface area contributed by atoms with Crippen molar-refractivity contribution in [2.45, 2.75) is 0 Å². The van der Waals surface area contributed by atoms with Crippen molar-refractivity contribution in [2.24, 2.45) is 0 Å². The summed E-state index contributed by atoms with van der Waals surface area (Å²) in [6.07, 6.45) is 1.29. The van der Waals surface area contributed by atoms with E-state index in [2.05, 4.69) is 10.3 Å². The lowest BCUT2D eigenvalue weighted by molar-refractivity contribution is 0.262. The first kappa shape index (κ1) is 15.0. The van der Waals surface area contributed by atoms with Gasteiger partial charge in [0.05, 0.1) is 0 Å². The van der Waals surface area contributed by atoms with E-state index in [9.17, 15) is 22.4 Å². The third-order valence-corrected chi connectivity index (χ3v) is 2.54. The Kier molecular flexibility index (Phi) is 4.27. The predicted octanol–water partition coefficient (Wildman–Crippen LogP) is 3.94. The molecule has 2 amide bonds. The predicted molar refractivity (Wildman–Crippen MR) is 68.2 cm³/mol. The number of halogens is 5. The molecule has 1 aromatic heterocycles. The average Bonchev–Trinajstić information content (AvgIpc) is 2.41. The van der Waals surface area contributed by atoms with Crippen LogP contribution in [0.1, 0.15) is 0 Å². The Hall–Kier alpha value is -2.35. The summed E-state index contributed by atoms with van der Waals surface area (Å²) < 4.78 is 52.4. The summed E-state index contributed by atoms with van der Waals surface area (Å²) in [5, 5.41) is 4.02. The molecule has 0 saturated heterocycles. The molecule has 110 valence electrons. The van der Waals surface area contributed by atoms with Gasteiger partial charge in [0.2, 0.25) is 0 Å². The van der Waals surface area contributed by atoms with Crippen LogP contribution in [-0.2, 0) is 0 Å². The molecule has 0 saturated carbocycles. The highest BCUT2D eigenvalue weighted by Gasteiger charge is 2.20. The molecule has 9 heteroatoms. The van der Waals surface area contributed by atoms with Crippen molar-refractivity contribution in [3.05, 3.63) is 52.8 Å². The van der Waals surface area contributed by atoms with Gasteiger partial charge in [0.15, 0.2) is 23.3 Å². The fraction of sp³-hybridized carbons (Fsp3) is 0. The third kappa shape index (κ3) is 3.40. The van der Waals surface area contributed by atoms with Gasteiger partial charge in [-0.15, -0.1) is 0 Å². The van der Waals surface area contributed by atoms with Crippen LogP contribution in [0.25, 0.3) is 0 Å². The molecular weight excluding hydrogens is 314 g/mol. The molecule has 21 heavy (non-hydrogen) atoms. The van der Waals surface area contributed by atoms with E-state index in [4.69, 9.17) is 11.6 Å². The number of aromatic nitrogens is 1. The number of nitrogens with zero attached hydrogens (tertiary/aromatic N) is 1. The average molecular weight is 320 g/mol. The first-order valence-electron chi connectivity index (χ1n) is 5.41. The lowest BCUT2D eigenvalue weighted by Crippen LogP contribution is -2.21. The molecule has 0 radical (unpaired) electrons. The SMILES string of the molecule is O=C(Nc1ccnc(Cl)c1)Nc1c(F)cc(F)c(F)c1F. The van der Waals surface area contributed by atoms with Gasteiger partial charge in [0.25, 0.3) is 0 Å². The topological polar surface area (TPSA) is 54.0 Å². The van der Waals surface area contributed by atoms with Crippen molar-refractivity contribution in [2.75, 3.05) is 10.6 Å². The van der Waals surface area contributed by atoms with Gasteiger partial charge >= 0.3 is 6.03 Å². The number of anilines is 2. The van der Waals surface area contributed by atoms with Crippen molar-refractivity contribution in [3.63, 3.8) is 0 Å². The summed E-state index contributed by atoms with van der Waals surface area (Å²) in [5.41, 5.74) is -0.914. The molecule has 1 heterocycles. The number of urea groups is 1. The van der Waals surface area contributed by atoms with Gasteiger partial charge in [-0.05, 0) is 12.1 Å². The van der Waals surface area contributed by atoms with Gasteiger partial charge < -0.3 is 10.6 Å². The fourth-order valence-corrected chi connectivity index (χ4v) is 1.61. The Morgan fingerprint density at radius 3 is 2.43 bits per heavy atom. The molecule has 0 aliphatic heterocycles. The Bertz CT molecular complexity index is 711. The summed E-state index contributed by atoms with van der Waals surface area (Å²) in [6, 6.07) is 1.70. The molecule has 0 aliphatic carbocycles. The third-order valence-electron chi connectivity index (χ3n) is 2.34. The number of amides is 2. The van der Waals surface area contributed by atoms with E-state index in [1.807, 2.05) is 0 Å². The van der Waals surface area contributed by atoms with Gasteiger partial charge in [0.1, 0.15) is 10.8 Å². The highest BCUT2D eigenvalue weighted by molar-refractivity contribution is 6.29. The summed E-state index contributed by atoms with van der Waals surface area (Å²) in [6.45, 7) is 0. The van der Waals surface area contributed by atoms with Crippen LogP contribution in [0.3, 0.4) is 0 Å². The van der Waals surface area contributed by atoms with Gasteiger partial charge in [-0.1, -0.05) is 11.6 Å². The van der Waals surface area contributed by atoms with Gasteiger partial charge in [0, 0.05) is 18.0 Å². The van der Waals surface area contributed by atoms with E-state index < -0.39 is 35.0 Å². The lowest BCUT2D eigenvalue weighted by Gasteiger charge is -2.10. The van der Waals surface area contributed by atoms with Crippen LogP contribution in [0.15, 0.2) is 24.4 Å². The number of nitrogens with one attached hydrogen (secondary N) is 2. The molecule has 2 N–H and O–H groups in total. The van der Waals surface area contributed by atoms with Crippen molar-refractivity contribution >= 4 is 29.0 Å². The van der Waals surface area contributed by atoms with E-state index >= 15 is 0 Å². The van der Waals surface area contributed by atoms with Crippen LogP contribution < -0.4 is 10.6 Å². The van der Waals surface area contributed by atoms with E-state index in [1.54, 1.807) is 5.32 Å². The molecule has 0 fully saturated rings. The smallest absolute Gasteiger partial charge is 0.308 e. The van der Waals surface area contributed by atoms with E-state index in [-0.39, 0.29) is 16.9 Å². The zero-order valence-electron chi connectivity index (χ0n) is 10.1. The van der Waals surface area contributed by atoms with Crippen LogP contribution in [0, 0.1) is 23.3 Å². The van der Waals surface area contributed by atoms with Gasteiger partial charge in [-0.2, -0.15) is 0 Å². The Morgan fingerprint density at radius 2 is 1.76 bits per heavy atom. The molecule has 0 bridgehead atoms.